The molecular formula is C44H56N6O8. The van der Waals surface area contributed by atoms with Gasteiger partial charge in [-0.3, -0.25) is 29.0 Å². The summed E-state index contributed by atoms with van der Waals surface area (Å²) < 4.78 is 11.6. The molecule has 0 aliphatic carbocycles. The number of ether oxygens (including phenoxy) is 2. The molecule has 0 atom stereocenters. The number of aryl methyl sites for hydroxylation is 5. The third-order valence-electron chi connectivity index (χ3n) is 10.2. The fourth-order valence-corrected chi connectivity index (χ4v) is 7.19. The van der Waals surface area contributed by atoms with Crippen molar-refractivity contribution in [1.82, 2.24) is 29.6 Å². The van der Waals surface area contributed by atoms with Crippen molar-refractivity contribution in [3.8, 4) is 11.5 Å². The Hall–Kier alpha value is -6.02. The van der Waals surface area contributed by atoms with Gasteiger partial charge in [-0.1, -0.05) is 0 Å². The predicted molar refractivity (Wildman–Crippen MR) is 222 cm³/mol. The van der Waals surface area contributed by atoms with E-state index in [1.165, 1.54) is 9.80 Å². The summed E-state index contributed by atoms with van der Waals surface area (Å²) >= 11 is 0. The summed E-state index contributed by atoms with van der Waals surface area (Å²) in [5.74, 6) is 0.356. The van der Waals surface area contributed by atoms with Crippen LogP contribution >= 0.6 is 0 Å². The van der Waals surface area contributed by atoms with Gasteiger partial charge >= 0.3 is 0 Å². The number of benzene rings is 2. The molecule has 4 aromatic rings. The first kappa shape index (κ1) is 44.7. The lowest BCUT2D eigenvalue weighted by atomic mass is 9.98. The van der Waals surface area contributed by atoms with Crippen LogP contribution in [0, 0.1) is 48.5 Å². The first-order valence-corrected chi connectivity index (χ1v) is 19.0. The molecule has 0 radical (unpaired) electrons. The van der Waals surface area contributed by atoms with Crippen molar-refractivity contribution in [3.63, 3.8) is 0 Å². The number of hydrogen-bond donors (Lipinski definition) is 2. The molecule has 4 heterocycles. The second-order valence-electron chi connectivity index (χ2n) is 14.9. The van der Waals surface area contributed by atoms with Gasteiger partial charge in [0.1, 0.15) is 24.7 Å². The number of pyridine rings is 2. The summed E-state index contributed by atoms with van der Waals surface area (Å²) in [7, 11) is 7.75. The van der Waals surface area contributed by atoms with E-state index in [1.54, 1.807) is 69.2 Å². The Bertz CT molecular complexity index is 2260. The Kier molecular flexibility index (Phi) is 14.6. The van der Waals surface area contributed by atoms with Crippen molar-refractivity contribution in [2.45, 2.75) is 61.6 Å². The van der Waals surface area contributed by atoms with Crippen LogP contribution in [0.15, 0.2) is 41.2 Å². The first-order chi connectivity index (χ1) is 27.4. The smallest absolute Gasteiger partial charge is 0.258 e. The van der Waals surface area contributed by atoms with E-state index >= 15 is 0 Å². The Balaban J connectivity index is 0.000000246. The largest absolute Gasteiger partial charge is 0.491 e. The number of carbonyl (C=O) groups is 4. The number of aromatic amines is 1. The van der Waals surface area contributed by atoms with E-state index in [9.17, 15) is 24.0 Å². The topological polar surface area (TPSA) is 166 Å². The molecule has 0 saturated carbocycles. The van der Waals surface area contributed by atoms with E-state index in [0.717, 1.165) is 40.9 Å². The number of nitrogens with one attached hydrogen (secondary N) is 1. The molecule has 0 bridgehead atoms. The molecule has 2 aliphatic rings. The highest BCUT2D eigenvalue weighted by Crippen LogP contribution is 2.32. The average Bonchev–Trinajstić information content (AvgIpc) is 3.42. The molecule has 310 valence electrons. The van der Waals surface area contributed by atoms with E-state index in [1.807, 2.05) is 53.7 Å². The molecule has 2 aromatic carbocycles. The van der Waals surface area contributed by atoms with Gasteiger partial charge in [-0.15, -0.1) is 0 Å². The molecule has 14 nitrogen and oxygen atoms in total. The van der Waals surface area contributed by atoms with Crippen LogP contribution in [0.5, 0.6) is 11.5 Å². The summed E-state index contributed by atoms with van der Waals surface area (Å²) in [6, 6.07) is 10.7. The SMILES string of the molecule is CO.Cc1cc(C)c(CN2CCOc3ccc(C(=O)N(C)C)c(C)c3C2=O)c(=O)[nH]1.Cc1cc(C)c(CN2CCOc3ccc(C(=O)N(C)C)c(C)c3C2=O)c(C)n1. The Morgan fingerprint density at radius 2 is 1.12 bits per heavy atom. The van der Waals surface area contributed by atoms with E-state index in [2.05, 4.69) is 9.97 Å². The molecular weight excluding hydrogens is 741 g/mol. The number of carbonyl (C=O) groups excluding carboxylic acids is 4. The highest BCUT2D eigenvalue weighted by Gasteiger charge is 2.31. The molecule has 0 saturated heterocycles. The first-order valence-electron chi connectivity index (χ1n) is 19.0. The summed E-state index contributed by atoms with van der Waals surface area (Å²) in [4.78, 5) is 77.7. The third kappa shape index (κ3) is 9.56. The molecule has 58 heavy (non-hydrogen) atoms. The number of nitrogens with zero attached hydrogens (tertiary/aromatic N) is 5. The van der Waals surface area contributed by atoms with Gasteiger partial charge in [0.2, 0.25) is 0 Å². The number of aliphatic hydroxyl groups excluding tert-OH is 1. The fraction of sp³-hybridized carbons (Fsp3) is 0.409. The summed E-state index contributed by atoms with van der Waals surface area (Å²) in [6.45, 7) is 15.5. The van der Waals surface area contributed by atoms with Gasteiger partial charge in [0, 0.05) is 75.6 Å². The van der Waals surface area contributed by atoms with Gasteiger partial charge in [-0.25, -0.2) is 0 Å². The minimum atomic E-state index is -0.238. The molecule has 2 aliphatic heterocycles. The predicted octanol–water partition coefficient (Wildman–Crippen LogP) is 4.70. The van der Waals surface area contributed by atoms with Crippen LogP contribution in [0.3, 0.4) is 0 Å². The van der Waals surface area contributed by atoms with Crippen LogP contribution < -0.4 is 15.0 Å². The van der Waals surface area contributed by atoms with Gasteiger partial charge in [-0.05, 0) is 113 Å². The highest BCUT2D eigenvalue weighted by molar-refractivity contribution is 6.05. The quantitative estimate of drug-likeness (QED) is 0.282. The molecule has 14 heteroatoms. The van der Waals surface area contributed by atoms with E-state index in [-0.39, 0.29) is 35.7 Å². The zero-order valence-corrected chi connectivity index (χ0v) is 35.7. The van der Waals surface area contributed by atoms with Crippen molar-refractivity contribution in [2.75, 3.05) is 61.6 Å². The van der Waals surface area contributed by atoms with Gasteiger partial charge in [0.25, 0.3) is 29.2 Å². The normalized spacial score (nSPS) is 13.3. The molecule has 0 unspecified atom stereocenters. The van der Waals surface area contributed by atoms with Crippen LogP contribution in [0.2, 0.25) is 0 Å². The Morgan fingerprint density at radius 1 is 0.690 bits per heavy atom. The molecule has 4 amide bonds. The van der Waals surface area contributed by atoms with Crippen molar-refractivity contribution < 1.29 is 33.8 Å². The summed E-state index contributed by atoms with van der Waals surface area (Å²) in [5.41, 5.74) is 9.15. The lowest BCUT2D eigenvalue weighted by Crippen LogP contribution is -2.35. The number of rotatable bonds is 6. The van der Waals surface area contributed by atoms with Gasteiger partial charge < -0.3 is 39.2 Å². The minimum Gasteiger partial charge on any atom is -0.491 e. The monoisotopic (exact) mass is 796 g/mol. The summed E-state index contributed by atoms with van der Waals surface area (Å²) in [6.07, 6.45) is 0. The second kappa shape index (κ2) is 18.9. The molecule has 2 aromatic heterocycles. The minimum absolute atomic E-state index is 0.113. The lowest BCUT2D eigenvalue weighted by Gasteiger charge is -2.23. The standard InChI is InChI=1S/C22H27N3O3.C21H25N3O4.CH4O/c1-13-11-14(2)23-16(4)18(13)12-25-9-10-28-19-8-7-17(21(26)24(5)6)15(3)20(19)22(25)27;1-12-10-13(2)22-19(25)16(12)11-24-8-9-28-17-7-6-15(20(26)23(4)5)14(3)18(17)21(24)27;1-2/h7-8,11H,9-10,12H2,1-6H3;6-7,10H,8-9,11H2,1-5H3,(H,22,25);2H,1H3. The van der Waals surface area contributed by atoms with Crippen LogP contribution in [0.4, 0.5) is 0 Å². The molecule has 2 N–H and O–H groups in total. The highest BCUT2D eigenvalue weighted by atomic mass is 16.5. The number of hydrogen-bond acceptors (Lipinski definition) is 9. The Labute approximate surface area is 340 Å². The van der Waals surface area contributed by atoms with Crippen molar-refractivity contribution in [3.05, 3.63) is 119 Å². The van der Waals surface area contributed by atoms with Gasteiger partial charge in [0.15, 0.2) is 0 Å². The average molecular weight is 797 g/mol. The zero-order valence-electron chi connectivity index (χ0n) is 35.7. The van der Waals surface area contributed by atoms with Crippen LogP contribution in [0.25, 0.3) is 0 Å². The number of fused-ring (bicyclic) bond motifs is 2. The zero-order chi connectivity index (χ0) is 43.2. The maximum Gasteiger partial charge on any atom is 0.258 e. The lowest BCUT2D eigenvalue weighted by molar-refractivity contribution is 0.0734. The van der Waals surface area contributed by atoms with Crippen molar-refractivity contribution in [1.29, 1.82) is 0 Å². The summed E-state index contributed by atoms with van der Waals surface area (Å²) in [5, 5.41) is 7.00. The number of H-pyrrole nitrogens is 1. The Morgan fingerprint density at radius 3 is 1.53 bits per heavy atom. The van der Waals surface area contributed by atoms with Crippen molar-refractivity contribution >= 4 is 23.6 Å². The van der Waals surface area contributed by atoms with Crippen molar-refractivity contribution in [2.24, 2.45) is 0 Å². The second-order valence-corrected chi connectivity index (χ2v) is 14.9. The third-order valence-corrected chi connectivity index (χ3v) is 10.2. The molecule has 6 rings (SSSR count). The number of aliphatic hydroxyl groups is 1. The maximum atomic E-state index is 13.4. The van der Waals surface area contributed by atoms with Crippen LogP contribution in [0.1, 0.15) is 91.9 Å². The van der Waals surface area contributed by atoms with E-state index < -0.39 is 0 Å². The number of amides is 4. The molecule has 0 fully saturated rings. The van der Waals surface area contributed by atoms with Crippen LogP contribution in [-0.4, -0.2) is 120 Å². The maximum absolute atomic E-state index is 13.4. The van der Waals surface area contributed by atoms with Gasteiger partial charge in [-0.2, -0.15) is 0 Å². The molecule has 0 spiro atoms. The van der Waals surface area contributed by atoms with Gasteiger partial charge in [0.05, 0.1) is 30.8 Å². The van der Waals surface area contributed by atoms with E-state index in [4.69, 9.17) is 14.6 Å². The number of aromatic nitrogens is 2. The van der Waals surface area contributed by atoms with E-state index in [0.29, 0.717) is 83.3 Å². The fourth-order valence-electron chi connectivity index (χ4n) is 7.19. The van der Waals surface area contributed by atoms with Crippen LogP contribution in [-0.2, 0) is 13.1 Å².